The van der Waals surface area contributed by atoms with Crippen LogP contribution in [0.15, 0.2) is 12.3 Å². The van der Waals surface area contributed by atoms with E-state index in [0.717, 1.165) is 13.1 Å². The summed E-state index contributed by atoms with van der Waals surface area (Å²) in [4.78, 5) is 2.58. The second kappa shape index (κ2) is 6.34. The molecule has 4 heteroatoms. The number of nitrogens with zero attached hydrogens (tertiary/aromatic N) is 3. The average molecular weight is 250 g/mol. The summed E-state index contributed by atoms with van der Waals surface area (Å²) in [6, 6.07) is 3.37. The Bertz CT molecular complexity index is 358. The molecule has 0 aromatic carbocycles. The van der Waals surface area contributed by atoms with E-state index in [4.69, 9.17) is 0 Å². The molecule has 4 nitrogen and oxygen atoms in total. The zero-order valence-electron chi connectivity index (χ0n) is 11.9. The number of nitrogens with one attached hydrogen (secondary N) is 1. The van der Waals surface area contributed by atoms with Crippen molar-refractivity contribution in [3.8, 4) is 0 Å². The maximum atomic E-state index is 4.49. The number of rotatable bonds is 5. The Kier molecular flexibility index (Phi) is 4.78. The molecule has 102 valence electrons. The van der Waals surface area contributed by atoms with Crippen LogP contribution in [0.2, 0.25) is 0 Å². The predicted molar refractivity (Wildman–Crippen MR) is 74.4 cm³/mol. The minimum absolute atomic E-state index is 0.573. The van der Waals surface area contributed by atoms with E-state index < -0.39 is 0 Å². The van der Waals surface area contributed by atoms with Crippen molar-refractivity contribution < 1.29 is 0 Å². The monoisotopic (exact) mass is 250 g/mol. The molecule has 1 aliphatic rings. The first-order chi connectivity index (χ1) is 8.65. The maximum absolute atomic E-state index is 4.49. The summed E-state index contributed by atoms with van der Waals surface area (Å²) < 4.78 is 1.89. The molecule has 2 rings (SSSR count). The smallest absolute Gasteiger partial charge is 0.0764 e. The third-order valence-electron chi connectivity index (χ3n) is 3.64. The molecule has 1 unspecified atom stereocenters. The van der Waals surface area contributed by atoms with Crippen LogP contribution in [0.5, 0.6) is 0 Å². The number of likely N-dealkylation sites (tertiary alicyclic amines) is 1. The van der Waals surface area contributed by atoms with Crippen molar-refractivity contribution in [1.82, 2.24) is 20.0 Å². The average Bonchev–Trinajstić information content (AvgIpc) is 2.73. The van der Waals surface area contributed by atoms with E-state index in [9.17, 15) is 0 Å². The maximum Gasteiger partial charge on any atom is 0.0764 e. The highest BCUT2D eigenvalue weighted by Gasteiger charge is 2.22. The normalized spacial score (nSPS) is 21.7. The van der Waals surface area contributed by atoms with Gasteiger partial charge in [-0.05, 0) is 25.5 Å². The number of aryl methyl sites for hydroxylation is 1. The molecule has 1 aliphatic heterocycles. The Hall–Kier alpha value is -0.870. The van der Waals surface area contributed by atoms with Crippen LogP contribution in [-0.2, 0) is 13.6 Å². The molecule has 0 saturated carbocycles. The highest BCUT2D eigenvalue weighted by atomic mass is 15.3. The van der Waals surface area contributed by atoms with Gasteiger partial charge >= 0.3 is 0 Å². The minimum atomic E-state index is 0.573. The summed E-state index contributed by atoms with van der Waals surface area (Å²) in [6.45, 7) is 7.73. The van der Waals surface area contributed by atoms with Crippen molar-refractivity contribution in [1.29, 1.82) is 0 Å². The van der Waals surface area contributed by atoms with Crippen molar-refractivity contribution in [2.75, 3.05) is 13.1 Å². The molecule has 1 saturated heterocycles. The molecule has 0 amide bonds. The summed E-state index contributed by atoms with van der Waals surface area (Å²) in [5.74, 6) is 0. The number of aromatic nitrogens is 2. The van der Waals surface area contributed by atoms with Gasteiger partial charge in [0.1, 0.15) is 0 Å². The fraction of sp³-hybridized carbons (Fsp3) is 0.786. The van der Waals surface area contributed by atoms with Gasteiger partial charge in [0.15, 0.2) is 0 Å². The Morgan fingerprint density at radius 3 is 2.94 bits per heavy atom. The fourth-order valence-corrected chi connectivity index (χ4v) is 2.63. The topological polar surface area (TPSA) is 33.1 Å². The zero-order chi connectivity index (χ0) is 13.0. The molecule has 0 radical (unpaired) electrons. The molecule has 2 heterocycles. The van der Waals surface area contributed by atoms with Crippen LogP contribution in [0.3, 0.4) is 0 Å². The standard InChI is InChI=1S/C14H26N4/c1-12(2)15-10-14-6-4-5-8-18(14)11-13-7-9-17(3)16-13/h7,9,12,14-15H,4-6,8,10-11H2,1-3H3. The van der Waals surface area contributed by atoms with E-state index in [1.54, 1.807) is 0 Å². The third kappa shape index (κ3) is 3.82. The molecule has 18 heavy (non-hydrogen) atoms. The molecule has 1 aromatic rings. The van der Waals surface area contributed by atoms with E-state index >= 15 is 0 Å². The highest BCUT2D eigenvalue weighted by molar-refractivity contribution is 4.99. The van der Waals surface area contributed by atoms with Crippen LogP contribution >= 0.6 is 0 Å². The van der Waals surface area contributed by atoms with Gasteiger partial charge in [-0.1, -0.05) is 20.3 Å². The van der Waals surface area contributed by atoms with Crippen molar-refractivity contribution in [3.63, 3.8) is 0 Å². The van der Waals surface area contributed by atoms with Gasteiger partial charge in [-0.2, -0.15) is 5.10 Å². The Balaban J connectivity index is 1.90. The summed E-state index contributed by atoms with van der Waals surface area (Å²) in [7, 11) is 1.98. The van der Waals surface area contributed by atoms with Crippen LogP contribution in [-0.4, -0.2) is 39.9 Å². The van der Waals surface area contributed by atoms with Gasteiger partial charge in [-0.3, -0.25) is 9.58 Å². The van der Waals surface area contributed by atoms with Gasteiger partial charge < -0.3 is 5.32 Å². The molecule has 1 aromatic heterocycles. The van der Waals surface area contributed by atoms with E-state index in [2.05, 4.69) is 35.2 Å². The van der Waals surface area contributed by atoms with Crippen LogP contribution in [0.1, 0.15) is 38.8 Å². The Morgan fingerprint density at radius 2 is 2.28 bits per heavy atom. The summed E-state index contributed by atoms with van der Waals surface area (Å²) in [5, 5.41) is 8.06. The van der Waals surface area contributed by atoms with Gasteiger partial charge in [0, 0.05) is 38.4 Å². The molecule has 1 fully saturated rings. The summed E-state index contributed by atoms with van der Waals surface area (Å²) >= 11 is 0. The Labute approximate surface area is 110 Å². The quantitative estimate of drug-likeness (QED) is 0.864. The van der Waals surface area contributed by atoms with Gasteiger partial charge in [-0.15, -0.1) is 0 Å². The summed E-state index contributed by atoms with van der Waals surface area (Å²) in [5.41, 5.74) is 1.19. The minimum Gasteiger partial charge on any atom is -0.313 e. The molecule has 0 aliphatic carbocycles. The third-order valence-corrected chi connectivity index (χ3v) is 3.64. The first kappa shape index (κ1) is 13.6. The zero-order valence-corrected chi connectivity index (χ0v) is 11.9. The fourth-order valence-electron chi connectivity index (χ4n) is 2.63. The van der Waals surface area contributed by atoms with Gasteiger partial charge in [0.2, 0.25) is 0 Å². The second-order valence-electron chi connectivity index (χ2n) is 5.66. The van der Waals surface area contributed by atoms with Crippen molar-refractivity contribution in [3.05, 3.63) is 18.0 Å². The lowest BCUT2D eigenvalue weighted by Crippen LogP contribution is -2.46. The SMILES string of the molecule is CC(C)NCC1CCCCN1Cc1ccn(C)n1. The van der Waals surface area contributed by atoms with Crippen molar-refractivity contribution >= 4 is 0 Å². The molecular weight excluding hydrogens is 224 g/mol. The lowest BCUT2D eigenvalue weighted by molar-refractivity contribution is 0.134. The molecule has 1 N–H and O–H groups in total. The van der Waals surface area contributed by atoms with Crippen LogP contribution in [0.25, 0.3) is 0 Å². The molecular formula is C14H26N4. The van der Waals surface area contributed by atoms with E-state index in [-0.39, 0.29) is 0 Å². The second-order valence-corrected chi connectivity index (χ2v) is 5.66. The molecule has 1 atom stereocenters. The van der Waals surface area contributed by atoms with Crippen LogP contribution in [0.4, 0.5) is 0 Å². The molecule has 0 bridgehead atoms. The van der Waals surface area contributed by atoms with Crippen molar-refractivity contribution in [2.45, 2.75) is 51.7 Å². The number of piperidine rings is 1. The first-order valence-corrected chi connectivity index (χ1v) is 7.11. The first-order valence-electron chi connectivity index (χ1n) is 7.11. The highest BCUT2D eigenvalue weighted by Crippen LogP contribution is 2.18. The number of hydrogen-bond donors (Lipinski definition) is 1. The van der Waals surface area contributed by atoms with Gasteiger partial charge in [0.05, 0.1) is 5.69 Å². The largest absolute Gasteiger partial charge is 0.313 e. The van der Waals surface area contributed by atoms with E-state index in [1.165, 1.54) is 31.5 Å². The predicted octanol–water partition coefficient (Wildman–Crippen LogP) is 1.77. The van der Waals surface area contributed by atoms with E-state index in [1.807, 2.05) is 17.9 Å². The van der Waals surface area contributed by atoms with Gasteiger partial charge in [-0.25, -0.2) is 0 Å². The Morgan fingerprint density at radius 1 is 1.44 bits per heavy atom. The lowest BCUT2D eigenvalue weighted by Gasteiger charge is -2.35. The van der Waals surface area contributed by atoms with Crippen molar-refractivity contribution in [2.24, 2.45) is 7.05 Å². The van der Waals surface area contributed by atoms with Crippen LogP contribution < -0.4 is 5.32 Å². The van der Waals surface area contributed by atoms with E-state index in [0.29, 0.717) is 12.1 Å². The number of hydrogen-bond acceptors (Lipinski definition) is 3. The lowest BCUT2D eigenvalue weighted by atomic mass is 10.0. The molecule has 0 spiro atoms. The van der Waals surface area contributed by atoms with Crippen LogP contribution in [0, 0.1) is 0 Å². The summed E-state index contributed by atoms with van der Waals surface area (Å²) in [6.07, 6.45) is 6.03. The van der Waals surface area contributed by atoms with Gasteiger partial charge in [0.25, 0.3) is 0 Å².